The molecule has 0 fully saturated rings. The molecule has 0 aliphatic rings. The number of thiophene rings is 2. The second kappa shape index (κ2) is 23.9. The van der Waals surface area contributed by atoms with Gasteiger partial charge >= 0.3 is 0 Å². The van der Waals surface area contributed by atoms with Gasteiger partial charge in [0.25, 0.3) is 0 Å². The number of hydrogen-bond donors (Lipinski definition) is 0. The van der Waals surface area contributed by atoms with Crippen LogP contribution in [0.4, 0.5) is 0 Å². The van der Waals surface area contributed by atoms with Gasteiger partial charge in [-0.15, -0.1) is 22.7 Å². The smallest absolute Gasteiger partial charge is 0.117 e. The first-order valence-electron chi connectivity index (χ1n) is 21.2. The number of unbranched alkanes of at least 4 members (excludes halogenated alkanes) is 18. The average molecular weight is 753 g/mol. The van der Waals surface area contributed by atoms with Gasteiger partial charge in [-0.3, -0.25) is 0 Å². The van der Waals surface area contributed by atoms with Crippen LogP contribution in [0.2, 0.25) is 0 Å². The monoisotopic (exact) mass is 752 g/mol. The van der Waals surface area contributed by atoms with Crippen molar-refractivity contribution in [1.29, 1.82) is 0 Å². The van der Waals surface area contributed by atoms with E-state index in [2.05, 4.69) is 61.3 Å². The summed E-state index contributed by atoms with van der Waals surface area (Å²) in [4.78, 5) is 13.1. The largest absolute Gasteiger partial charge is 0.242 e. The summed E-state index contributed by atoms with van der Waals surface area (Å²) in [6.45, 7) is 4.58. The summed E-state index contributed by atoms with van der Waals surface area (Å²) < 4.78 is 0. The van der Waals surface area contributed by atoms with Gasteiger partial charge in [0.1, 0.15) is 20.8 Å². The molecule has 0 N–H and O–H groups in total. The Hall–Kier alpha value is -3.70. The second-order valence-corrected chi connectivity index (χ2v) is 16.7. The summed E-state index contributed by atoms with van der Waals surface area (Å²) in [6, 6.07) is 20.5. The van der Waals surface area contributed by atoms with E-state index >= 15 is 0 Å². The number of fused-ring (bicyclic) bond motifs is 1. The van der Waals surface area contributed by atoms with Gasteiger partial charge in [-0.2, -0.15) is 0 Å². The Morgan fingerprint density at radius 1 is 0.519 bits per heavy atom. The van der Waals surface area contributed by atoms with Crippen molar-refractivity contribution < 1.29 is 0 Å². The maximum absolute atomic E-state index is 8.13. The number of hydrogen-bond acceptors (Lipinski definition) is 4. The van der Waals surface area contributed by atoms with Gasteiger partial charge < -0.3 is 0 Å². The molecule has 0 saturated carbocycles. The molecular formula is C50H60N2S2. The maximum Gasteiger partial charge on any atom is 0.117 e. The zero-order valence-corrected chi connectivity index (χ0v) is 34.7. The molecule has 0 unspecified atom stereocenters. The highest BCUT2D eigenvalue weighted by molar-refractivity contribution is 7.14. The average Bonchev–Trinajstić information content (AvgIpc) is 3.77. The van der Waals surface area contributed by atoms with Gasteiger partial charge in [0, 0.05) is 16.5 Å². The predicted molar refractivity (Wildman–Crippen MR) is 235 cm³/mol. The third-order valence-electron chi connectivity index (χ3n) is 10.5. The number of aromatic nitrogens is 2. The first-order chi connectivity index (χ1) is 26.7. The molecule has 0 saturated heterocycles. The van der Waals surface area contributed by atoms with Crippen LogP contribution in [-0.2, 0) is 12.8 Å². The van der Waals surface area contributed by atoms with Crippen LogP contribution in [0.3, 0.4) is 0 Å². The van der Waals surface area contributed by atoms with Crippen molar-refractivity contribution in [2.24, 2.45) is 0 Å². The van der Waals surface area contributed by atoms with Gasteiger partial charge in [-0.25, -0.2) is 9.97 Å². The number of aryl methyl sites for hydroxylation is 1. The lowest BCUT2D eigenvalue weighted by molar-refractivity contribution is 0.553. The van der Waals surface area contributed by atoms with Crippen molar-refractivity contribution in [2.45, 2.75) is 155 Å². The molecule has 5 aromatic rings. The van der Waals surface area contributed by atoms with Crippen molar-refractivity contribution in [3.63, 3.8) is 0 Å². The molecule has 0 amide bonds. The Kier molecular flexibility index (Phi) is 18.4. The minimum Gasteiger partial charge on any atom is -0.242 e. The summed E-state index contributed by atoms with van der Waals surface area (Å²) in [7, 11) is 0. The zero-order valence-electron chi connectivity index (χ0n) is 33.0. The van der Waals surface area contributed by atoms with Gasteiger partial charge in [0.15, 0.2) is 0 Å². The Labute approximate surface area is 335 Å². The summed E-state index contributed by atoms with van der Waals surface area (Å²) >= 11 is 3.17. The third-order valence-corrected chi connectivity index (χ3v) is 12.4. The van der Waals surface area contributed by atoms with Gasteiger partial charge in [0.05, 0.1) is 16.3 Å². The molecular weight excluding hydrogens is 693 g/mol. The lowest BCUT2D eigenvalue weighted by atomic mass is 9.98. The molecule has 3 aromatic heterocycles. The molecule has 4 heteroatoms. The molecule has 2 radical (unpaired) electrons. The highest BCUT2D eigenvalue weighted by Crippen LogP contribution is 2.36. The molecule has 0 atom stereocenters. The zero-order chi connectivity index (χ0) is 37.6. The van der Waals surface area contributed by atoms with Crippen LogP contribution in [0.5, 0.6) is 0 Å². The lowest BCUT2D eigenvalue weighted by Gasteiger charge is -2.09. The minimum absolute atomic E-state index is 0.670. The molecule has 2 aromatic carbocycles. The Bertz CT molecular complexity index is 1920. The van der Waals surface area contributed by atoms with Crippen LogP contribution in [0, 0.1) is 29.6 Å². The summed E-state index contributed by atoms with van der Waals surface area (Å²) in [5.41, 5.74) is 7.92. The fraction of sp³-hybridized carbons (Fsp3) is 0.480. The van der Waals surface area contributed by atoms with E-state index in [0.717, 1.165) is 50.6 Å². The van der Waals surface area contributed by atoms with E-state index in [1.165, 1.54) is 151 Å². The Morgan fingerprint density at radius 3 is 1.43 bits per heavy atom. The molecule has 0 aliphatic heterocycles. The van der Waals surface area contributed by atoms with Crippen molar-refractivity contribution in [3.8, 4) is 40.3 Å². The van der Waals surface area contributed by atoms with Crippen molar-refractivity contribution in [2.75, 3.05) is 0 Å². The lowest BCUT2D eigenvalue weighted by Crippen LogP contribution is -1.95. The topological polar surface area (TPSA) is 25.8 Å². The highest BCUT2D eigenvalue weighted by atomic mass is 32.1. The van der Waals surface area contributed by atoms with Gasteiger partial charge in [0.2, 0.25) is 0 Å². The fourth-order valence-corrected chi connectivity index (χ4v) is 9.08. The van der Waals surface area contributed by atoms with Crippen LogP contribution in [0.15, 0.2) is 60.7 Å². The minimum atomic E-state index is 0.670. The van der Waals surface area contributed by atoms with E-state index in [1.807, 2.05) is 36.4 Å². The van der Waals surface area contributed by atoms with Crippen LogP contribution >= 0.6 is 22.7 Å². The molecule has 282 valence electrons. The molecule has 0 aliphatic carbocycles. The molecule has 0 bridgehead atoms. The van der Waals surface area contributed by atoms with E-state index in [4.69, 9.17) is 16.4 Å². The van der Waals surface area contributed by atoms with Crippen LogP contribution in [-0.4, -0.2) is 9.97 Å². The second-order valence-electron chi connectivity index (χ2n) is 14.8. The van der Waals surface area contributed by atoms with Gasteiger partial charge in [-0.05, 0) is 61.0 Å². The van der Waals surface area contributed by atoms with Crippen LogP contribution in [0.1, 0.15) is 168 Å². The van der Waals surface area contributed by atoms with Crippen molar-refractivity contribution in [3.05, 3.63) is 98.2 Å². The molecule has 2 nitrogen and oxygen atoms in total. The Balaban J connectivity index is 1.33. The molecule has 54 heavy (non-hydrogen) atoms. The van der Waals surface area contributed by atoms with E-state index in [-0.39, 0.29) is 0 Å². The number of nitrogens with zero attached hydrogens (tertiary/aromatic N) is 2. The summed E-state index contributed by atoms with van der Waals surface area (Å²) in [5.74, 6) is 9.78. The normalized spacial score (nSPS) is 11.1. The van der Waals surface area contributed by atoms with E-state index < -0.39 is 0 Å². The van der Waals surface area contributed by atoms with E-state index in [0.29, 0.717) is 10.4 Å². The van der Waals surface area contributed by atoms with E-state index in [9.17, 15) is 0 Å². The fourth-order valence-electron chi connectivity index (χ4n) is 7.35. The summed E-state index contributed by atoms with van der Waals surface area (Å²) in [5, 5.41) is 3.71. The standard InChI is InChI=1S/C50H60N2S2/c1-4-7-9-11-13-15-17-19-21-25-35-42-39-53-45(43(42)36-30-22-20-18-16-14-12-10-8-5-2)37-38-46-50-49(44(6-3)54-46)51-47(40-31-26-23-27-32-40)48(52-50)41-33-28-24-29-34-41/h23-24,26-29,31-34H,4-5,7-22,25,30,35-36H2,1-2H3. The molecule has 0 spiro atoms. The van der Waals surface area contributed by atoms with Crippen molar-refractivity contribution in [1.82, 2.24) is 9.97 Å². The predicted octanol–water partition coefficient (Wildman–Crippen LogP) is 15.2. The van der Waals surface area contributed by atoms with Crippen molar-refractivity contribution >= 4 is 33.7 Å². The van der Waals surface area contributed by atoms with Gasteiger partial charge in [-0.1, -0.05) is 190 Å². The summed E-state index contributed by atoms with van der Waals surface area (Å²) in [6.07, 6.45) is 37.3. The van der Waals surface area contributed by atoms with E-state index in [1.54, 1.807) is 11.3 Å². The van der Waals surface area contributed by atoms with Crippen LogP contribution in [0.25, 0.3) is 33.5 Å². The quantitative estimate of drug-likeness (QED) is 0.0463. The first-order valence-corrected chi connectivity index (χ1v) is 22.8. The number of benzene rings is 2. The molecule has 3 heterocycles. The maximum atomic E-state index is 8.13. The Morgan fingerprint density at radius 2 is 0.944 bits per heavy atom. The number of rotatable bonds is 24. The highest BCUT2D eigenvalue weighted by Gasteiger charge is 2.19. The SMILES string of the molecule is [C]#Cc1sc(C#Cc2s[c]c(CCCCCCCCCCCC)c2CCCCCCCCCCCC)c2nc(-c3ccccc3)c(-c3ccccc3)nc12. The van der Waals surface area contributed by atoms with Crippen LogP contribution < -0.4 is 0 Å². The third kappa shape index (κ3) is 12.7. The first kappa shape index (κ1) is 41.5. The molecule has 5 rings (SSSR count).